The number of ether oxygens (including phenoxy) is 1. The minimum Gasteiger partial charge on any atom is -0.378 e. The van der Waals surface area contributed by atoms with Crippen LogP contribution in [-0.4, -0.2) is 84.5 Å². The lowest BCUT2D eigenvalue weighted by molar-refractivity contribution is -0.141. The van der Waals surface area contributed by atoms with E-state index in [-0.39, 0.29) is 11.8 Å². The monoisotopic (exact) mass is 351 g/mol. The predicted octanol–water partition coefficient (Wildman–Crippen LogP) is 1.49. The summed E-state index contributed by atoms with van der Waals surface area (Å²) in [4.78, 5) is 31.6. The Hall–Kier alpha value is -1.14. The largest absolute Gasteiger partial charge is 0.378 e. The number of amides is 2. The first-order valence-electron chi connectivity index (χ1n) is 10.1. The van der Waals surface area contributed by atoms with Crippen LogP contribution in [0.25, 0.3) is 0 Å². The van der Waals surface area contributed by atoms with Gasteiger partial charge in [0, 0.05) is 51.1 Å². The Bertz CT molecular complexity index is 453. The van der Waals surface area contributed by atoms with Crippen molar-refractivity contribution in [3.05, 3.63) is 0 Å². The van der Waals surface area contributed by atoms with E-state index >= 15 is 0 Å². The fourth-order valence-electron chi connectivity index (χ4n) is 4.11. The first-order valence-corrected chi connectivity index (χ1v) is 10.1. The van der Waals surface area contributed by atoms with Crippen molar-refractivity contribution in [2.45, 2.75) is 64.0 Å². The number of morpholine rings is 1. The molecule has 2 heterocycles. The molecule has 0 N–H and O–H groups in total. The Morgan fingerprint density at radius 3 is 2.20 bits per heavy atom. The molecule has 0 aromatic rings. The fourth-order valence-corrected chi connectivity index (χ4v) is 4.11. The van der Waals surface area contributed by atoms with Crippen molar-refractivity contribution < 1.29 is 14.3 Å². The molecule has 0 spiro atoms. The smallest absolute Gasteiger partial charge is 0.223 e. The van der Waals surface area contributed by atoms with Crippen molar-refractivity contribution in [1.29, 1.82) is 0 Å². The molecule has 142 valence electrons. The molecule has 0 aromatic carbocycles. The number of rotatable bonds is 7. The van der Waals surface area contributed by atoms with Crippen LogP contribution in [0.4, 0.5) is 0 Å². The molecule has 2 aliphatic heterocycles. The summed E-state index contributed by atoms with van der Waals surface area (Å²) in [6.45, 7) is 8.14. The fraction of sp³-hybridized carbons (Fsp3) is 0.895. The molecule has 1 aliphatic carbocycles. The van der Waals surface area contributed by atoms with Crippen molar-refractivity contribution in [3.8, 4) is 0 Å². The SMILES string of the molecule is CCCN1CCC(N(C(=O)CCC(=O)N2CCOCC2)C2CC2)CC1. The van der Waals surface area contributed by atoms with E-state index in [0.29, 0.717) is 51.2 Å². The van der Waals surface area contributed by atoms with Crippen molar-refractivity contribution in [1.82, 2.24) is 14.7 Å². The number of likely N-dealkylation sites (tertiary alicyclic amines) is 1. The zero-order valence-corrected chi connectivity index (χ0v) is 15.6. The number of carbonyl (C=O) groups is 2. The van der Waals surface area contributed by atoms with E-state index in [9.17, 15) is 9.59 Å². The molecule has 6 heteroatoms. The van der Waals surface area contributed by atoms with Gasteiger partial charge in [0.05, 0.1) is 13.2 Å². The van der Waals surface area contributed by atoms with Crippen molar-refractivity contribution in [2.75, 3.05) is 45.9 Å². The lowest BCUT2D eigenvalue weighted by Crippen LogP contribution is -2.49. The maximum atomic E-state index is 12.8. The van der Waals surface area contributed by atoms with Gasteiger partial charge in [0.25, 0.3) is 0 Å². The summed E-state index contributed by atoms with van der Waals surface area (Å²) in [5, 5.41) is 0. The molecule has 0 bridgehead atoms. The van der Waals surface area contributed by atoms with E-state index < -0.39 is 0 Å². The molecule has 2 amide bonds. The summed E-state index contributed by atoms with van der Waals surface area (Å²) in [6, 6.07) is 0.820. The Balaban J connectivity index is 1.47. The molecule has 0 radical (unpaired) electrons. The highest BCUT2D eigenvalue weighted by Gasteiger charge is 2.38. The summed E-state index contributed by atoms with van der Waals surface area (Å²) >= 11 is 0. The van der Waals surface area contributed by atoms with Gasteiger partial charge in [-0.3, -0.25) is 9.59 Å². The van der Waals surface area contributed by atoms with Crippen LogP contribution in [0, 0.1) is 0 Å². The molecular weight excluding hydrogens is 318 g/mol. The Morgan fingerprint density at radius 1 is 0.960 bits per heavy atom. The Morgan fingerprint density at radius 2 is 1.60 bits per heavy atom. The highest BCUT2D eigenvalue weighted by molar-refractivity contribution is 5.84. The van der Waals surface area contributed by atoms with Gasteiger partial charge in [-0.15, -0.1) is 0 Å². The molecule has 3 rings (SSSR count). The maximum Gasteiger partial charge on any atom is 0.223 e. The van der Waals surface area contributed by atoms with Gasteiger partial charge in [-0.05, 0) is 38.6 Å². The van der Waals surface area contributed by atoms with Crippen LogP contribution >= 0.6 is 0 Å². The number of nitrogens with zero attached hydrogens (tertiary/aromatic N) is 3. The second kappa shape index (κ2) is 8.99. The summed E-state index contributed by atoms with van der Waals surface area (Å²) in [7, 11) is 0. The van der Waals surface area contributed by atoms with E-state index in [4.69, 9.17) is 4.74 Å². The number of hydrogen-bond donors (Lipinski definition) is 0. The lowest BCUT2D eigenvalue weighted by Gasteiger charge is -2.39. The molecule has 3 aliphatic rings. The molecule has 0 aromatic heterocycles. The predicted molar refractivity (Wildman–Crippen MR) is 96.3 cm³/mol. The Labute approximate surface area is 151 Å². The third-order valence-electron chi connectivity index (χ3n) is 5.64. The molecule has 6 nitrogen and oxygen atoms in total. The van der Waals surface area contributed by atoms with Crippen LogP contribution in [0.3, 0.4) is 0 Å². The second-order valence-electron chi connectivity index (χ2n) is 7.60. The van der Waals surface area contributed by atoms with Gasteiger partial charge >= 0.3 is 0 Å². The highest BCUT2D eigenvalue weighted by Crippen LogP contribution is 2.32. The molecule has 2 saturated heterocycles. The van der Waals surface area contributed by atoms with Gasteiger partial charge in [0.2, 0.25) is 11.8 Å². The van der Waals surface area contributed by atoms with Gasteiger partial charge < -0.3 is 19.4 Å². The van der Waals surface area contributed by atoms with Gasteiger partial charge in [-0.25, -0.2) is 0 Å². The van der Waals surface area contributed by atoms with Crippen LogP contribution in [0.1, 0.15) is 51.9 Å². The van der Waals surface area contributed by atoms with Crippen LogP contribution in [0.15, 0.2) is 0 Å². The summed E-state index contributed by atoms with van der Waals surface area (Å²) in [5.41, 5.74) is 0. The van der Waals surface area contributed by atoms with Gasteiger partial charge in [0.1, 0.15) is 0 Å². The normalized spacial score (nSPS) is 22.8. The zero-order chi connectivity index (χ0) is 17.6. The van der Waals surface area contributed by atoms with E-state index in [1.165, 1.54) is 6.42 Å². The number of hydrogen-bond acceptors (Lipinski definition) is 4. The van der Waals surface area contributed by atoms with Crippen molar-refractivity contribution in [3.63, 3.8) is 0 Å². The molecule has 0 unspecified atom stereocenters. The average Bonchev–Trinajstić information content (AvgIpc) is 3.47. The lowest BCUT2D eigenvalue weighted by atomic mass is 10.0. The third kappa shape index (κ3) is 5.17. The summed E-state index contributed by atoms with van der Waals surface area (Å²) < 4.78 is 5.29. The van der Waals surface area contributed by atoms with E-state index in [0.717, 1.165) is 45.3 Å². The molecular formula is C19H33N3O3. The first-order chi connectivity index (χ1) is 12.2. The number of carbonyl (C=O) groups excluding carboxylic acids is 2. The maximum absolute atomic E-state index is 12.8. The molecule has 0 atom stereocenters. The standard InChI is InChI=1S/C19H33N3O3/c1-2-9-20-10-7-17(8-11-20)22(16-3-4-16)19(24)6-5-18(23)21-12-14-25-15-13-21/h16-17H,2-15H2,1H3. The highest BCUT2D eigenvalue weighted by atomic mass is 16.5. The molecule has 1 saturated carbocycles. The quantitative estimate of drug-likeness (QED) is 0.697. The molecule has 25 heavy (non-hydrogen) atoms. The minimum atomic E-state index is 0.102. The average molecular weight is 351 g/mol. The molecule has 3 fully saturated rings. The zero-order valence-electron chi connectivity index (χ0n) is 15.6. The third-order valence-corrected chi connectivity index (χ3v) is 5.64. The van der Waals surface area contributed by atoms with Gasteiger partial charge in [-0.1, -0.05) is 6.92 Å². The van der Waals surface area contributed by atoms with Crippen molar-refractivity contribution in [2.24, 2.45) is 0 Å². The van der Waals surface area contributed by atoms with Crippen LogP contribution in [0.2, 0.25) is 0 Å². The number of piperidine rings is 1. The van der Waals surface area contributed by atoms with E-state index in [1.54, 1.807) is 0 Å². The van der Waals surface area contributed by atoms with Gasteiger partial charge in [-0.2, -0.15) is 0 Å². The minimum absolute atomic E-state index is 0.102. The summed E-state index contributed by atoms with van der Waals surface area (Å²) in [5.74, 6) is 0.295. The van der Waals surface area contributed by atoms with Crippen LogP contribution in [0.5, 0.6) is 0 Å². The van der Waals surface area contributed by atoms with E-state index in [1.807, 2.05) is 4.90 Å². The first kappa shape index (κ1) is 18.6. The second-order valence-corrected chi connectivity index (χ2v) is 7.60. The topological polar surface area (TPSA) is 53.1 Å². The van der Waals surface area contributed by atoms with E-state index in [2.05, 4.69) is 16.7 Å². The van der Waals surface area contributed by atoms with Gasteiger partial charge in [0.15, 0.2) is 0 Å². The van der Waals surface area contributed by atoms with Crippen LogP contribution in [-0.2, 0) is 14.3 Å². The van der Waals surface area contributed by atoms with Crippen LogP contribution < -0.4 is 0 Å². The van der Waals surface area contributed by atoms with Crippen molar-refractivity contribution >= 4 is 11.8 Å². The summed E-state index contributed by atoms with van der Waals surface area (Å²) in [6.07, 6.45) is 6.34. The Kier molecular flexibility index (Phi) is 6.70.